The predicted molar refractivity (Wildman–Crippen MR) is 341 cm³/mol. The second-order valence-corrected chi connectivity index (χ2v) is 35.5. The third-order valence-corrected chi connectivity index (χ3v) is 28.6. The first-order valence-electron chi connectivity index (χ1n) is 30.3. The summed E-state index contributed by atoms with van der Waals surface area (Å²) in [7, 11) is -6.01. The Morgan fingerprint density at radius 1 is 0.631 bits per heavy atom. The molecule has 4 fully saturated rings. The van der Waals surface area contributed by atoms with Gasteiger partial charge in [-0.3, -0.25) is 14.8 Å². The number of ether oxygens (including phenoxy) is 2. The van der Waals surface area contributed by atoms with E-state index in [9.17, 15) is 4.79 Å². The van der Waals surface area contributed by atoms with Crippen molar-refractivity contribution in [3.8, 4) is 17.3 Å². The molecule has 11 nitrogen and oxygen atoms in total. The van der Waals surface area contributed by atoms with Crippen LogP contribution in [0.5, 0.6) is 6.01 Å². The topological polar surface area (TPSA) is 102 Å². The van der Waals surface area contributed by atoms with E-state index >= 15 is 4.39 Å². The molecule has 2 bridgehead atoms. The Morgan fingerprint density at radius 2 is 1.12 bits per heavy atom. The lowest BCUT2D eigenvalue weighted by molar-refractivity contribution is 0.0122. The van der Waals surface area contributed by atoms with E-state index in [-0.39, 0.29) is 64.3 Å². The van der Waals surface area contributed by atoms with E-state index in [0.29, 0.717) is 55.8 Å². The average molecular weight is 1160 g/mol. The number of carbonyl (C=O) groups excluding carboxylic acids is 1. The van der Waals surface area contributed by atoms with Gasteiger partial charge in [-0.1, -0.05) is 206 Å². The summed E-state index contributed by atoms with van der Waals surface area (Å²) in [6, 6.07) is 55.6. The fraction of sp³-hybridized carbons (Fsp3) is 0.400. The molecule has 84 heavy (non-hydrogen) atoms. The van der Waals surface area contributed by atoms with Crippen LogP contribution in [0.2, 0.25) is 10.1 Å². The monoisotopic (exact) mass is 1160 g/mol. The number of anilines is 1. The number of hydrogen-bond acceptors (Lipinski definition) is 10. The van der Waals surface area contributed by atoms with E-state index in [1.54, 1.807) is 6.20 Å². The largest absolute Gasteiger partial charge is 0.461 e. The number of aryl methyl sites for hydroxylation is 1. The molecular weight excluding hydrogens is 1080 g/mol. The Balaban J connectivity index is 0.966. The minimum Gasteiger partial charge on any atom is -0.461 e. The average Bonchev–Trinajstić information content (AvgIpc) is 1.54. The highest BCUT2D eigenvalue weighted by Crippen LogP contribution is 2.48. The number of nitrogens with zero attached hydrogens (tertiary/aromatic N) is 6. The number of hydrogen-bond donors (Lipinski definition) is 0. The maximum atomic E-state index is 18.1. The zero-order valence-corrected chi connectivity index (χ0v) is 52.6. The van der Waals surface area contributed by atoms with E-state index in [1.165, 1.54) is 20.7 Å². The molecule has 1 amide bonds. The Kier molecular flexibility index (Phi) is 15.2. The minimum atomic E-state index is -3.00. The van der Waals surface area contributed by atoms with Gasteiger partial charge in [0, 0.05) is 37.9 Å². The Labute approximate surface area is 497 Å². The molecule has 14 heteroatoms. The van der Waals surface area contributed by atoms with Gasteiger partial charge in [0.2, 0.25) is 0 Å². The van der Waals surface area contributed by atoms with Crippen molar-refractivity contribution in [2.75, 3.05) is 37.7 Å². The number of amides is 1. The number of pyridine rings is 1. The molecule has 4 aliphatic rings. The van der Waals surface area contributed by atoms with Crippen LogP contribution in [-0.4, -0.2) is 116 Å². The molecule has 0 saturated carbocycles. The third kappa shape index (κ3) is 10.3. The summed E-state index contributed by atoms with van der Waals surface area (Å²) in [5.41, 5.74) is 0.955. The Morgan fingerprint density at radius 3 is 1.58 bits per heavy atom. The van der Waals surface area contributed by atoms with Gasteiger partial charge in [0.25, 0.3) is 16.6 Å². The first-order valence-corrected chi connectivity index (χ1v) is 34.1. The van der Waals surface area contributed by atoms with Crippen LogP contribution in [0.3, 0.4) is 0 Å². The van der Waals surface area contributed by atoms with Crippen LogP contribution in [0.15, 0.2) is 164 Å². The second kappa shape index (κ2) is 22.2. The van der Waals surface area contributed by atoms with Gasteiger partial charge in [-0.2, -0.15) is 9.97 Å². The molecule has 0 spiro atoms. The van der Waals surface area contributed by atoms with E-state index in [1.807, 2.05) is 37.8 Å². The fourth-order valence-corrected chi connectivity index (χ4v) is 24.2. The van der Waals surface area contributed by atoms with Gasteiger partial charge in [-0.25, -0.2) is 9.18 Å². The van der Waals surface area contributed by atoms with Gasteiger partial charge < -0.3 is 23.2 Å². The summed E-state index contributed by atoms with van der Waals surface area (Å²) >= 11 is 0. The van der Waals surface area contributed by atoms with Crippen LogP contribution in [0.25, 0.3) is 32.9 Å². The van der Waals surface area contributed by atoms with E-state index in [0.717, 1.165) is 35.6 Å². The summed E-state index contributed by atoms with van der Waals surface area (Å²) in [5, 5.41) is 6.93. The third-order valence-electron chi connectivity index (χ3n) is 18.4. The number of halogens is 1. The number of piperazine rings is 1. The number of carbonyl (C=O) groups is 1. The van der Waals surface area contributed by atoms with Crippen LogP contribution < -0.4 is 30.4 Å². The zero-order chi connectivity index (χ0) is 58.8. The molecule has 5 atom stereocenters. The van der Waals surface area contributed by atoms with Crippen LogP contribution in [0, 0.1) is 5.82 Å². The lowest BCUT2D eigenvalue weighted by Crippen LogP contribution is -2.68. The second-order valence-electron chi connectivity index (χ2n) is 27.0. The van der Waals surface area contributed by atoms with E-state index in [2.05, 4.69) is 204 Å². The molecule has 6 aromatic carbocycles. The van der Waals surface area contributed by atoms with Crippen molar-refractivity contribution in [2.45, 2.75) is 147 Å². The SMILES string of the molecule is CCc1cccc2cccc(-c3ncc4c(N5C[C@@H]6CC[C@@H](C5)N6C(=O)OC(C)(C)C)nc(OC[C@@]56C[C@H](O[Si](c7ccccc7)(c7ccccc7)C(C)(C)C)CN5C[C@H](O[Si](c5ccccc5)(c5ccccc5)C(C)(C)C)C6)nc4c3F)c12. The molecule has 0 aliphatic carbocycles. The Hall–Kier alpha value is -6.82. The normalized spacial score (nSPS) is 21.3. The molecule has 0 N–H and O–H groups in total. The molecule has 0 unspecified atom stereocenters. The fourth-order valence-electron chi connectivity index (χ4n) is 14.8. The molecule has 6 heterocycles. The molecule has 4 saturated heterocycles. The molecule has 12 rings (SSSR count). The maximum Gasteiger partial charge on any atom is 0.410 e. The number of rotatable bonds is 14. The number of benzene rings is 6. The first kappa shape index (κ1) is 57.6. The van der Waals surface area contributed by atoms with Crippen molar-refractivity contribution in [3.63, 3.8) is 0 Å². The van der Waals surface area contributed by atoms with Crippen molar-refractivity contribution in [2.24, 2.45) is 0 Å². The zero-order valence-electron chi connectivity index (χ0n) is 50.6. The smallest absolute Gasteiger partial charge is 0.410 e. The summed E-state index contributed by atoms with van der Waals surface area (Å²) in [5.74, 6) is 0.00247. The number of fused-ring (bicyclic) bond motifs is 5. The molecule has 2 aromatic heterocycles. The highest BCUT2D eigenvalue weighted by atomic mass is 28.4. The van der Waals surface area contributed by atoms with E-state index in [4.69, 9.17) is 33.3 Å². The molecule has 0 radical (unpaired) electrons. The highest BCUT2D eigenvalue weighted by molar-refractivity contribution is 7.00. The van der Waals surface area contributed by atoms with Crippen molar-refractivity contribution < 1.29 is 27.5 Å². The van der Waals surface area contributed by atoms with Gasteiger partial charge in [0.1, 0.15) is 29.2 Å². The first-order chi connectivity index (χ1) is 40.2. The van der Waals surface area contributed by atoms with Crippen molar-refractivity contribution >= 4 is 71.0 Å². The molecule has 8 aromatic rings. The molecule has 4 aliphatic heterocycles. The quantitative estimate of drug-likeness (QED) is 0.0978. The molecule has 436 valence electrons. The van der Waals surface area contributed by atoms with Crippen LogP contribution in [-0.2, 0) is 20.0 Å². The maximum absolute atomic E-state index is 18.1. The summed E-state index contributed by atoms with van der Waals surface area (Å²) in [6.07, 6.45) is 4.82. The Bertz CT molecular complexity index is 3460. The van der Waals surface area contributed by atoms with Gasteiger partial charge in [-0.05, 0) is 100 Å². The van der Waals surface area contributed by atoms with Gasteiger partial charge in [-0.15, -0.1) is 0 Å². The molecular formula is C70H81FN6O5Si2. The van der Waals surface area contributed by atoms with E-state index < -0.39 is 33.6 Å². The van der Waals surface area contributed by atoms with Gasteiger partial charge >= 0.3 is 12.1 Å². The standard InChI is InChI=1S/C70H81FN6O5Si2/c1-11-48-26-24-27-49-28-25-37-58(60(48)49)62-61(71)63-59(42-72-62)64(75-43-50-38-39-51(44-75)77(50)66(78)80-67(2,3)4)74-65(73-63)79-47-70-40-52(81-83(68(5,6)7,54-29-16-12-17-30-54)55-31-18-13-19-32-55)45-76(70)46-53(41-70)82-84(69(8,9)10,56-33-20-14-21-34-56)57-35-22-15-23-36-57/h12-37,42,50-53H,11,38-41,43-47H2,1-10H3/t50-,51-,52-,53+,70-/m0/s1. The van der Waals surface area contributed by atoms with Crippen molar-refractivity contribution in [1.29, 1.82) is 0 Å². The lowest BCUT2D eigenvalue weighted by atomic mass is 9.93. The van der Waals surface area contributed by atoms with Crippen molar-refractivity contribution in [3.05, 3.63) is 175 Å². The van der Waals surface area contributed by atoms with Crippen LogP contribution in [0.4, 0.5) is 15.0 Å². The summed E-state index contributed by atoms with van der Waals surface area (Å²) in [6.45, 7) is 24.3. The van der Waals surface area contributed by atoms with Crippen LogP contribution in [0.1, 0.15) is 100 Å². The van der Waals surface area contributed by atoms with Crippen LogP contribution >= 0.6 is 0 Å². The highest BCUT2D eigenvalue weighted by Gasteiger charge is 2.60. The summed E-state index contributed by atoms with van der Waals surface area (Å²) < 4.78 is 47.3. The lowest BCUT2D eigenvalue weighted by Gasteiger charge is -2.45. The van der Waals surface area contributed by atoms with Crippen molar-refractivity contribution in [1.82, 2.24) is 24.8 Å². The summed E-state index contributed by atoms with van der Waals surface area (Å²) in [4.78, 5) is 35.8. The minimum absolute atomic E-state index is 0.0877. The van der Waals surface area contributed by atoms with Gasteiger partial charge in [0.05, 0.1) is 35.2 Å². The number of aromatic nitrogens is 3. The van der Waals surface area contributed by atoms with Gasteiger partial charge in [0.15, 0.2) is 5.82 Å². The predicted octanol–water partition coefficient (Wildman–Crippen LogP) is 12.3.